The zero-order chi connectivity index (χ0) is 11.1. The third kappa shape index (κ3) is 1.45. The summed E-state index contributed by atoms with van der Waals surface area (Å²) < 4.78 is 1.96. The number of nitrogens with zero attached hydrogens (tertiary/aromatic N) is 1. The number of anilines is 1. The molecule has 2 aliphatic heterocycles. The van der Waals surface area contributed by atoms with Gasteiger partial charge in [0.1, 0.15) is 0 Å². The van der Waals surface area contributed by atoms with Crippen LogP contribution in [0, 0.1) is 5.92 Å². The third-order valence-corrected chi connectivity index (χ3v) is 3.75. The van der Waals surface area contributed by atoms with Crippen molar-refractivity contribution in [2.45, 2.75) is 18.9 Å². The van der Waals surface area contributed by atoms with E-state index in [4.69, 9.17) is 0 Å². The highest BCUT2D eigenvalue weighted by molar-refractivity contribution is 5.44. The summed E-state index contributed by atoms with van der Waals surface area (Å²) >= 11 is 0. The van der Waals surface area contributed by atoms with Gasteiger partial charge in [0.2, 0.25) is 0 Å². The largest absolute Gasteiger partial charge is 0.388 e. The van der Waals surface area contributed by atoms with E-state index in [-0.39, 0.29) is 5.56 Å². The molecule has 2 aliphatic rings. The van der Waals surface area contributed by atoms with Crippen LogP contribution in [0.5, 0.6) is 0 Å². The second-order valence-corrected chi connectivity index (χ2v) is 4.82. The van der Waals surface area contributed by atoms with Crippen molar-refractivity contribution < 1.29 is 0 Å². The van der Waals surface area contributed by atoms with Crippen LogP contribution in [0.1, 0.15) is 18.0 Å². The average molecular weight is 219 g/mol. The van der Waals surface area contributed by atoms with Crippen LogP contribution in [0.2, 0.25) is 0 Å². The van der Waals surface area contributed by atoms with E-state index in [1.54, 1.807) is 6.07 Å². The summed E-state index contributed by atoms with van der Waals surface area (Å²) in [5, 5.41) is 6.51. The lowest BCUT2D eigenvalue weighted by atomic mass is 9.84. The monoisotopic (exact) mass is 219 g/mol. The van der Waals surface area contributed by atoms with Crippen LogP contribution in [-0.4, -0.2) is 24.7 Å². The van der Waals surface area contributed by atoms with E-state index < -0.39 is 0 Å². The van der Waals surface area contributed by atoms with Gasteiger partial charge >= 0.3 is 0 Å². The van der Waals surface area contributed by atoms with Crippen molar-refractivity contribution in [1.82, 2.24) is 9.88 Å². The van der Waals surface area contributed by atoms with E-state index in [2.05, 4.69) is 16.7 Å². The molecule has 2 bridgehead atoms. The minimum Gasteiger partial charge on any atom is -0.388 e. The lowest BCUT2D eigenvalue weighted by Gasteiger charge is -2.37. The Kier molecular flexibility index (Phi) is 2.24. The molecule has 86 valence electrons. The molecule has 0 radical (unpaired) electrons. The number of pyridine rings is 1. The average Bonchev–Trinajstić information content (AvgIpc) is 2.31. The Morgan fingerprint density at radius 1 is 1.44 bits per heavy atom. The molecule has 0 saturated carbocycles. The van der Waals surface area contributed by atoms with Gasteiger partial charge in [-0.15, -0.1) is 0 Å². The summed E-state index contributed by atoms with van der Waals surface area (Å²) in [5.74, 6) is 1.14. The quantitative estimate of drug-likeness (QED) is 0.727. The maximum absolute atomic E-state index is 12.0. The number of piperidine rings is 1. The normalized spacial score (nSPS) is 27.3. The van der Waals surface area contributed by atoms with E-state index in [1.165, 1.54) is 12.1 Å². The van der Waals surface area contributed by atoms with Crippen molar-refractivity contribution in [2.24, 2.45) is 5.92 Å². The van der Waals surface area contributed by atoms with Gasteiger partial charge < -0.3 is 15.2 Å². The highest BCUT2D eigenvalue weighted by Gasteiger charge is 2.30. The first kappa shape index (κ1) is 9.90. The fraction of sp³-hybridized carbons (Fsp3) is 0.583. The standard InChI is InChI=1S/C12H17N3O/c1-13-10-3-11-9-2-8(5-14-6-9)7-15(11)12(16)4-10/h3-4,8-9,13-14H,2,5-7H2,1H3. The van der Waals surface area contributed by atoms with E-state index in [1.807, 2.05) is 11.6 Å². The van der Waals surface area contributed by atoms with Gasteiger partial charge in [0.05, 0.1) is 0 Å². The smallest absolute Gasteiger partial charge is 0.252 e. The molecule has 1 saturated heterocycles. The SMILES string of the molecule is CNc1cc2n(c(=O)c1)CC1CNCC2C1. The molecule has 1 aromatic rings. The Morgan fingerprint density at radius 2 is 2.31 bits per heavy atom. The molecule has 4 nitrogen and oxygen atoms in total. The van der Waals surface area contributed by atoms with Gasteiger partial charge in [-0.3, -0.25) is 4.79 Å². The van der Waals surface area contributed by atoms with Crippen LogP contribution < -0.4 is 16.2 Å². The molecule has 1 aromatic heterocycles. The van der Waals surface area contributed by atoms with Gasteiger partial charge in [-0.2, -0.15) is 0 Å². The highest BCUT2D eigenvalue weighted by atomic mass is 16.1. The molecule has 0 amide bonds. The minimum absolute atomic E-state index is 0.137. The van der Waals surface area contributed by atoms with Crippen molar-refractivity contribution in [3.05, 3.63) is 28.2 Å². The summed E-state index contributed by atoms with van der Waals surface area (Å²) in [6.45, 7) is 2.93. The second kappa shape index (κ2) is 3.63. The highest BCUT2D eigenvalue weighted by Crippen LogP contribution is 2.32. The summed E-state index contributed by atoms with van der Waals surface area (Å²) in [5.41, 5.74) is 2.26. The number of hydrogen-bond acceptors (Lipinski definition) is 3. The van der Waals surface area contributed by atoms with Crippen molar-refractivity contribution >= 4 is 5.69 Å². The lowest BCUT2D eigenvalue weighted by molar-refractivity contribution is 0.257. The maximum Gasteiger partial charge on any atom is 0.252 e. The summed E-state index contributed by atoms with van der Waals surface area (Å²) in [7, 11) is 1.86. The predicted molar refractivity (Wildman–Crippen MR) is 64.0 cm³/mol. The summed E-state index contributed by atoms with van der Waals surface area (Å²) in [6.07, 6.45) is 1.22. The number of fused-ring (bicyclic) bond motifs is 4. The van der Waals surface area contributed by atoms with Gasteiger partial charge in [0, 0.05) is 43.5 Å². The van der Waals surface area contributed by atoms with Crippen molar-refractivity contribution in [2.75, 3.05) is 25.5 Å². The Balaban J connectivity index is 2.13. The first-order chi connectivity index (χ1) is 7.78. The molecule has 16 heavy (non-hydrogen) atoms. The molecule has 2 atom stereocenters. The fourth-order valence-electron chi connectivity index (χ4n) is 2.95. The fourth-order valence-corrected chi connectivity index (χ4v) is 2.95. The van der Waals surface area contributed by atoms with Crippen LogP contribution in [0.3, 0.4) is 0 Å². The van der Waals surface area contributed by atoms with E-state index >= 15 is 0 Å². The number of nitrogens with one attached hydrogen (secondary N) is 2. The summed E-state index contributed by atoms with van der Waals surface area (Å²) in [4.78, 5) is 12.0. The number of aromatic nitrogens is 1. The molecule has 0 aromatic carbocycles. The molecule has 0 aliphatic carbocycles. The molecule has 4 heteroatoms. The summed E-state index contributed by atoms with van der Waals surface area (Å²) in [6, 6.07) is 3.81. The van der Waals surface area contributed by atoms with Gasteiger partial charge in [-0.1, -0.05) is 0 Å². The third-order valence-electron chi connectivity index (χ3n) is 3.75. The van der Waals surface area contributed by atoms with E-state index in [0.29, 0.717) is 11.8 Å². The van der Waals surface area contributed by atoms with Crippen LogP contribution >= 0.6 is 0 Å². The van der Waals surface area contributed by atoms with Crippen molar-refractivity contribution in [3.8, 4) is 0 Å². The van der Waals surface area contributed by atoms with Gasteiger partial charge in [-0.25, -0.2) is 0 Å². The minimum atomic E-state index is 0.137. The Morgan fingerprint density at radius 3 is 3.12 bits per heavy atom. The zero-order valence-corrected chi connectivity index (χ0v) is 9.49. The van der Waals surface area contributed by atoms with Crippen LogP contribution in [0.25, 0.3) is 0 Å². The maximum atomic E-state index is 12.0. The van der Waals surface area contributed by atoms with Crippen LogP contribution in [0.15, 0.2) is 16.9 Å². The number of rotatable bonds is 1. The molecule has 2 N–H and O–H groups in total. The first-order valence-corrected chi connectivity index (χ1v) is 5.91. The Labute approximate surface area is 94.7 Å². The van der Waals surface area contributed by atoms with Crippen LogP contribution in [-0.2, 0) is 6.54 Å². The Bertz CT molecular complexity index is 466. The van der Waals surface area contributed by atoms with Gasteiger partial charge in [-0.05, 0) is 24.9 Å². The zero-order valence-electron chi connectivity index (χ0n) is 9.49. The topological polar surface area (TPSA) is 46.1 Å². The number of hydrogen-bond donors (Lipinski definition) is 2. The predicted octanol–water partition coefficient (Wildman–Crippen LogP) is 0.597. The van der Waals surface area contributed by atoms with Gasteiger partial charge in [0.25, 0.3) is 5.56 Å². The van der Waals surface area contributed by atoms with Crippen molar-refractivity contribution in [1.29, 1.82) is 0 Å². The van der Waals surface area contributed by atoms with Gasteiger partial charge in [0.15, 0.2) is 0 Å². The first-order valence-electron chi connectivity index (χ1n) is 5.91. The van der Waals surface area contributed by atoms with Crippen LogP contribution in [0.4, 0.5) is 5.69 Å². The molecule has 0 spiro atoms. The molecule has 3 rings (SSSR count). The van der Waals surface area contributed by atoms with E-state index in [0.717, 1.165) is 25.3 Å². The van der Waals surface area contributed by atoms with Crippen molar-refractivity contribution in [3.63, 3.8) is 0 Å². The van der Waals surface area contributed by atoms with E-state index in [9.17, 15) is 4.79 Å². The lowest BCUT2D eigenvalue weighted by Crippen LogP contribution is -2.44. The Hall–Kier alpha value is -1.29. The molecular weight excluding hydrogens is 202 g/mol. The second-order valence-electron chi connectivity index (χ2n) is 4.82. The molecule has 1 fully saturated rings. The molecule has 2 unspecified atom stereocenters. The molecular formula is C12H17N3O. The molecule has 3 heterocycles.